The highest BCUT2D eigenvalue weighted by molar-refractivity contribution is 5.75. The molecule has 6 nitrogen and oxygen atoms in total. The largest absolute Gasteiger partial charge is 0.207 e. The van der Waals surface area contributed by atoms with Crippen molar-refractivity contribution >= 4 is 0 Å². The average Bonchev–Trinajstić information content (AvgIpc) is 3.31. The average molecular weight is 418 g/mol. The van der Waals surface area contributed by atoms with E-state index in [2.05, 4.69) is 9.98 Å². The van der Waals surface area contributed by atoms with E-state index in [-0.39, 0.29) is 21.8 Å². The monoisotopic (exact) mass is 418 g/mol. The van der Waals surface area contributed by atoms with Crippen molar-refractivity contribution in [3.05, 3.63) is 92.4 Å². The molecule has 0 spiro atoms. The van der Waals surface area contributed by atoms with Gasteiger partial charge in [-0.1, -0.05) is 12.1 Å². The molecule has 0 saturated carbocycles. The first-order valence-electron chi connectivity index (χ1n) is 9.05. The van der Waals surface area contributed by atoms with Crippen LogP contribution in [0.4, 0.5) is 8.78 Å². The van der Waals surface area contributed by atoms with E-state index >= 15 is 0 Å². The van der Waals surface area contributed by atoms with Crippen molar-refractivity contribution < 1.29 is 8.78 Å². The van der Waals surface area contributed by atoms with E-state index < -0.39 is 11.6 Å². The smallest absolute Gasteiger partial charge is 0.206 e. The first-order chi connectivity index (χ1) is 15.5. The fourth-order valence-corrected chi connectivity index (χ4v) is 3.70. The van der Waals surface area contributed by atoms with Crippen molar-refractivity contribution in [2.45, 2.75) is 0 Å². The summed E-state index contributed by atoms with van der Waals surface area (Å²) >= 11 is 0. The molecule has 0 aromatic heterocycles. The minimum Gasteiger partial charge on any atom is -0.207 e. The third-order valence-electron chi connectivity index (χ3n) is 5.00. The predicted octanol–water partition coefficient (Wildman–Crippen LogP) is 3.41. The van der Waals surface area contributed by atoms with Crippen LogP contribution in [0.5, 0.6) is 0 Å². The van der Waals surface area contributed by atoms with Gasteiger partial charge in [0.05, 0.1) is 34.0 Å². The van der Waals surface area contributed by atoms with E-state index in [1.54, 1.807) is 24.5 Å². The van der Waals surface area contributed by atoms with Gasteiger partial charge in [-0.3, -0.25) is 0 Å². The zero-order valence-electron chi connectivity index (χ0n) is 16.1. The summed E-state index contributed by atoms with van der Waals surface area (Å²) in [5.41, 5.74) is 1.63. The quantitative estimate of drug-likeness (QED) is 0.463. The molecule has 0 aliphatic heterocycles. The number of hydrogen-bond donors (Lipinski definition) is 0. The molecule has 0 amide bonds. The molecule has 4 rings (SSSR count). The highest BCUT2D eigenvalue weighted by Crippen LogP contribution is 2.26. The standard InChI is InChI=1S/C24H8F2N6/c25-15-1-3-17(13(5-15)9-27)19-7-21-22(23(19)31-11-29)8-20(24(21)32-12-30)18-4-2-16(26)6-14(18)10-28/h1-8H. The van der Waals surface area contributed by atoms with Crippen LogP contribution in [0.2, 0.25) is 0 Å². The SMILES string of the molecule is N#CN=c1c(-c2ccc(F)cc2C#N)cc2c(=NC#N)c(-c3ccc(F)cc3C#N)cc1=2. The highest BCUT2D eigenvalue weighted by atomic mass is 19.1. The number of halogens is 2. The van der Waals surface area contributed by atoms with Gasteiger partial charge in [0.25, 0.3) is 0 Å². The van der Waals surface area contributed by atoms with Gasteiger partial charge in [0.1, 0.15) is 11.6 Å². The van der Waals surface area contributed by atoms with Gasteiger partial charge in [-0.05, 0) is 36.4 Å². The molecule has 0 atom stereocenters. The van der Waals surface area contributed by atoms with Crippen molar-refractivity contribution in [2.75, 3.05) is 0 Å². The molecule has 0 fully saturated rings. The Labute approximate surface area is 179 Å². The van der Waals surface area contributed by atoms with E-state index in [1.807, 2.05) is 12.1 Å². The zero-order valence-corrected chi connectivity index (χ0v) is 16.1. The Bertz CT molecular complexity index is 1620. The van der Waals surface area contributed by atoms with Gasteiger partial charge in [-0.2, -0.15) is 31.0 Å². The summed E-state index contributed by atoms with van der Waals surface area (Å²) in [5.74, 6) is -1.17. The van der Waals surface area contributed by atoms with Gasteiger partial charge in [-0.25, -0.2) is 8.78 Å². The Morgan fingerprint density at radius 2 is 0.969 bits per heavy atom. The number of nitriles is 4. The third kappa shape index (κ3) is 3.15. The number of hydrogen-bond acceptors (Lipinski definition) is 6. The maximum Gasteiger partial charge on any atom is 0.206 e. The van der Waals surface area contributed by atoms with Gasteiger partial charge < -0.3 is 0 Å². The number of benzene rings is 2. The second-order valence-electron chi connectivity index (χ2n) is 6.67. The van der Waals surface area contributed by atoms with Gasteiger partial charge >= 0.3 is 0 Å². The van der Waals surface area contributed by atoms with Crippen LogP contribution in [0, 0.1) is 67.6 Å². The molecule has 0 N–H and O–H groups in total. The lowest BCUT2D eigenvalue weighted by atomic mass is 10.00. The molecular formula is C24H8F2N6. The maximum atomic E-state index is 13.6. The molecule has 2 aliphatic carbocycles. The van der Waals surface area contributed by atoms with Gasteiger partial charge in [0.2, 0.25) is 12.4 Å². The van der Waals surface area contributed by atoms with Crippen LogP contribution in [-0.2, 0) is 0 Å². The summed E-state index contributed by atoms with van der Waals surface area (Å²) in [4.78, 5) is 7.77. The molecule has 0 heterocycles. The lowest BCUT2D eigenvalue weighted by Crippen LogP contribution is -2.04. The van der Waals surface area contributed by atoms with Gasteiger partial charge in [-0.15, -0.1) is 0 Å². The van der Waals surface area contributed by atoms with E-state index in [0.29, 0.717) is 32.7 Å². The van der Waals surface area contributed by atoms with Crippen molar-refractivity contribution in [3.63, 3.8) is 0 Å². The summed E-state index contributed by atoms with van der Waals surface area (Å²) in [7, 11) is 0. The van der Waals surface area contributed by atoms with Crippen LogP contribution in [0.3, 0.4) is 0 Å². The molecule has 8 heteroatoms. The summed E-state index contributed by atoms with van der Waals surface area (Å²) in [6, 6.07) is 14.4. The molecule has 0 unspecified atom stereocenters. The predicted molar refractivity (Wildman–Crippen MR) is 107 cm³/mol. The zero-order chi connectivity index (χ0) is 22.8. The summed E-state index contributed by atoms with van der Waals surface area (Å²) < 4.78 is 27.2. The molecule has 2 aliphatic rings. The number of nitrogens with zero attached hydrogens (tertiary/aromatic N) is 6. The highest BCUT2D eigenvalue weighted by Gasteiger charge is 2.18. The third-order valence-corrected chi connectivity index (χ3v) is 5.00. The van der Waals surface area contributed by atoms with Crippen molar-refractivity contribution in [3.8, 4) is 46.8 Å². The number of rotatable bonds is 2. The topological polar surface area (TPSA) is 120 Å². The van der Waals surface area contributed by atoms with E-state index in [0.717, 1.165) is 12.1 Å². The Kier molecular flexibility index (Phi) is 4.98. The molecule has 0 bridgehead atoms. The Hall–Kier alpha value is -5.18. The molecule has 0 radical (unpaired) electrons. The van der Waals surface area contributed by atoms with Gasteiger partial charge in [0, 0.05) is 32.7 Å². The Morgan fingerprint density at radius 3 is 1.31 bits per heavy atom. The van der Waals surface area contributed by atoms with Crippen LogP contribution < -0.4 is 10.7 Å². The minimum absolute atomic E-state index is 0.0522. The van der Waals surface area contributed by atoms with E-state index in [4.69, 9.17) is 0 Å². The van der Waals surface area contributed by atoms with Crippen LogP contribution in [0.25, 0.3) is 22.3 Å². The molecule has 148 valence electrons. The lowest BCUT2D eigenvalue weighted by molar-refractivity contribution is 0.627. The van der Waals surface area contributed by atoms with Crippen molar-refractivity contribution in [1.82, 2.24) is 0 Å². The first kappa shape index (κ1) is 20.1. The maximum absolute atomic E-state index is 13.6. The lowest BCUT2D eigenvalue weighted by Gasteiger charge is -2.03. The second kappa shape index (κ2) is 7.92. The van der Waals surface area contributed by atoms with Crippen molar-refractivity contribution in [1.29, 1.82) is 21.0 Å². The van der Waals surface area contributed by atoms with E-state index in [9.17, 15) is 29.8 Å². The fraction of sp³-hybridized carbons (Fsp3) is 0. The fourth-order valence-electron chi connectivity index (χ4n) is 3.70. The summed E-state index contributed by atoms with van der Waals surface area (Å²) in [5, 5.41) is 38.7. The normalized spacial score (nSPS) is 11.7. The summed E-state index contributed by atoms with van der Waals surface area (Å²) in [6.07, 6.45) is 3.44. The molecule has 2 aromatic rings. The van der Waals surface area contributed by atoms with Crippen LogP contribution in [0.15, 0.2) is 58.5 Å². The molecular weight excluding hydrogens is 410 g/mol. The molecule has 32 heavy (non-hydrogen) atoms. The van der Waals surface area contributed by atoms with Crippen LogP contribution >= 0.6 is 0 Å². The van der Waals surface area contributed by atoms with Crippen molar-refractivity contribution in [2.24, 2.45) is 9.98 Å². The summed E-state index contributed by atoms with van der Waals surface area (Å²) in [6.45, 7) is 0. The first-order valence-corrected chi connectivity index (χ1v) is 9.05. The van der Waals surface area contributed by atoms with Crippen LogP contribution in [-0.4, -0.2) is 0 Å². The Balaban J connectivity index is 2.14. The minimum atomic E-state index is -0.586. The van der Waals surface area contributed by atoms with E-state index in [1.165, 1.54) is 24.3 Å². The van der Waals surface area contributed by atoms with Gasteiger partial charge in [0.15, 0.2) is 0 Å². The van der Waals surface area contributed by atoms with Crippen LogP contribution in [0.1, 0.15) is 11.1 Å². The molecule has 0 saturated heterocycles. The second-order valence-corrected chi connectivity index (χ2v) is 6.67. The molecule has 2 aromatic carbocycles. The Morgan fingerprint density at radius 1 is 0.562 bits per heavy atom.